The number of nitrogens with zero attached hydrogens (tertiary/aromatic N) is 6. The van der Waals surface area contributed by atoms with Crippen LogP contribution in [-0.4, -0.2) is 29.1 Å². The van der Waals surface area contributed by atoms with E-state index in [0.29, 0.717) is 11.8 Å². The minimum Gasteiger partial charge on any atom is -0.309 e. The number of aromatic nitrogens is 6. The Labute approximate surface area is 357 Å². The molecular formula is C56H36N6. The number of para-hydroxylation sites is 2. The number of benzene rings is 8. The van der Waals surface area contributed by atoms with E-state index in [9.17, 15) is 0 Å². The highest BCUT2D eigenvalue weighted by Crippen LogP contribution is 2.42. The van der Waals surface area contributed by atoms with Crippen molar-refractivity contribution in [1.29, 1.82) is 0 Å². The van der Waals surface area contributed by atoms with Gasteiger partial charge >= 0.3 is 0 Å². The summed E-state index contributed by atoms with van der Waals surface area (Å²) in [6.07, 6.45) is 0. The second-order valence-electron chi connectivity index (χ2n) is 15.5. The zero-order valence-electron chi connectivity index (χ0n) is 33.5. The summed E-state index contributed by atoms with van der Waals surface area (Å²) in [5.74, 6) is 1.31. The molecule has 0 saturated carbocycles. The third kappa shape index (κ3) is 5.96. The Bertz CT molecular complexity index is 3480. The zero-order valence-corrected chi connectivity index (χ0v) is 33.5. The van der Waals surface area contributed by atoms with Gasteiger partial charge in [-0.15, -0.1) is 0 Å². The molecule has 6 heteroatoms. The second kappa shape index (κ2) is 14.7. The molecule has 62 heavy (non-hydrogen) atoms. The minimum absolute atomic E-state index is 0.629. The fourth-order valence-electron chi connectivity index (χ4n) is 8.91. The molecular weight excluding hydrogens is 757 g/mol. The molecule has 0 unspecified atom stereocenters. The fourth-order valence-corrected chi connectivity index (χ4v) is 8.91. The molecule has 0 fully saturated rings. The van der Waals surface area contributed by atoms with Gasteiger partial charge in [-0.05, 0) is 60.7 Å². The van der Waals surface area contributed by atoms with Crippen LogP contribution in [0.5, 0.6) is 0 Å². The van der Waals surface area contributed by atoms with E-state index in [0.717, 1.165) is 83.7 Å². The van der Waals surface area contributed by atoms with Gasteiger partial charge in [0.05, 0.1) is 44.8 Å². The van der Waals surface area contributed by atoms with E-state index in [1.54, 1.807) is 0 Å². The van der Waals surface area contributed by atoms with Crippen LogP contribution in [0.4, 0.5) is 0 Å². The normalized spacial score (nSPS) is 11.5. The van der Waals surface area contributed by atoms with Crippen molar-refractivity contribution in [2.45, 2.75) is 0 Å². The predicted octanol–water partition coefficient (Wildman–Crippen LogP) is 13.8. The maximum atomic E-state index is 5.28. The van der Waals surface area contributed by atoms with E-state index in [-0.39, 0.29) is 0 Å². The van der Waals surface area contributed by atoms with Crippen LogP contribution in [0.25, 0.3) is 112 Å². The summed E-state index contributed by atoms with van der Waals surface area (Å²) in [4.78, 5) is 20.8. The van der Waals surface area contributed by atoms with Crippen LogP contribution < -0.4 is 0 Å². The molecule has 8 aromatic carbocycles. The minimum atomic E-state index is 0.629. The maximum Gasteiger partial charge on any atom is 0.235 e. The molecule has 0 amide bonds. The summed E-state index contributed by atoms with van der Waals surface area (Å²) in [6, 6.07) is 76.0. The van der Waals surface area contributed by atoms with Crippen LogP contribution in [0.15, 0.2) is 218 Å². The lowest BCUT2D eigenvalue weighted by molar-refractivity contribution is 0.996. The molecule has 0 bridgehead atoms. The molecule has 12 rings (SSSR count). The van der Waals surface area contributed by atoms with Gasteiger partial charge < -0.3 is 4.57 Å². The summed E-state index contributed by atoms with van der Waals surface area (Å²) in [5.41, 5.74) is 14.0. The van der Waals surface area contributed by atoms with Gasteiger partial charge in [-0.25, -0.2) is 19.9 Å². The van der Waals surface area contributed by atoms with Gasteiger partial charge in [0.25, 0.3) is 0 Å². The van der Waals surface area contributed by atoms with Crippen LogP contribution in [-0.2, 0) is 0 Å². The molecule has 0 saturated heterocycles. The molecule has 0 radical (unpaired) electrons. The Morgan fingerprint density at radius 1 is 0.274 bits per heavy atom. The van der Waals surface area contributed by atoms with Gasteiger partial charge in [0, 0.05) is 55.0 Å². The van der Waals surface area contributed by atoms with Crippen molar-refractivity contribution in [3.8, 4) is 68.1 Å². The third-order valence-electron chi connectivity index (χ3n) is 11.8. The Morgan fingerprint density at radius 3 is 1.10 bits per heavy atom. The third-order valence-corrected chi connectivity index (χ3v) is 11.8. The van der Waals surface area contributed by atoms with Gasteiger partial charge in [0.1, 0.15) is 0 Å². The van der Waals surface area contributed by atoms with Crippen molar-refractivity contribution in [1.82, 2.24) is 29.1 Å². The van der Waals surface area contributed by atoms with Crippen LogP contribution in [0.1, 0.15) is 0 Å². The summed E-state index contributed by atoms with van der Waals surface area (Å²) in [7, 11) is 0. The molecule has 12 aromatic rings. The highest BCUT2D eigenvalue weighted by Gasteiger charge is 2.22. The molecule has 0 aliphatic rings. The predicted molar refractivity (Wildman–Crippen MR) is 253 cm³/mol. The first-order chi connectivity index (χ1) is 30.7. The van der Waals surface area contributed by atoms with Crippen LogP contribution in [0.2, 0.25) is 0 Å². The first kappa shape index (κ1) is 35.5. The summed E-state index contributed by atoms with van der Waals surface area (Å²) in [5, 5.41) is 4.67. The van der Waals surface area contributed by atoms with E-state index in [2.05, 4.69) is 179 Å². The van der Waals surface area contributed by atoms with Crippen molar-refractivity contribution >= 4 is 43.6 Å². The lowest BCUT2D eigenvalue weighted by Crippen LogP contribution is -2.04. The molecule has 4 heterocycles. The number of fused-ring (bicyclic) bond motifs is 7. The number of rotatable bonds is 7. The molecule has 0 spiro atoms. The van der Waals surface area contributed by atoms with Crippen molar-refractivity contribution in [3.63, 3.8) is 0 Å². The Morgan fingerprint density at radius 2 is 0.645 bits per heavy atom. The number of hydrogen-bond donors (Lipinski definition) is 0. The topological polar surface area (TPSA) is 61.4 Å². The summed E-state index contributed by atoms with van der Waals surface area (Å²) >= 11 is 0. The number of hydrogen-bond acceptors (Lipinski definition) is 4. The van der Waals surface area contributed by atoms with E-state index in [4.69, 9.17) is 19.9 Å². The van der Waals surface area contributed by atoms with Crippen LogP contribution in [0.3, 0.4) is 0 Å². The standard InChI is InChI=1S/C56H36N6/c1-5-17-37(18-6-1)45-35-46(38-19-7-2-8-20-38)58-55(57-45)41-29-31-42(32-30-41)61-49-27-15-13-25-43(49)53-51(61)33-34-52-54(53)44-26-14-16-28-50(44)62(52)56-59-47(39-21-9-3-10-22-39)36-48(60-56)40-23-11-4-12-24-40/h1-36H. The quantitative estimate of drug-likeness (QED) is 0.161. The van der Waals surface area contributed by atoms with Crippen molar-refractivity contribution in [3.05, 3.63) is 218 Å². The monoisotopic (exact) mass is 792 g/mol. The van der Waals surface area contributed by atoms with E-state index < -0.39 is 0 Å². The largest absolute Gasteiger partial charge is 0.309 e. The van der Waals surface area contributed by atoms with Gasteiger partial charge in [0.2, 0.25) is 5.95 Å². The zero-order chi connectivity index (χ0) is 41.0. The average molecular weight is 793 g/mol. The molecule has 0 aliphatic heterocycles. The van der Waals surface area contributed by atoms with E-state index in [1.807, 2.05) is 48.5 Å². The molecule has 4 aromatic heterocycles. The SMILES string of the molecule is c1ccc(-c2cc(-c3ccccc3)nc(-c3ccc(-n4c5ccccc5c5c6c7ccccc7n(-c7nc(-c8ccccc8)cc(-c8ccccc8)n7)c6ccc54)cc3)n2)cc1. The molecule has 0 atom stereocenters. The smallest absolute Gasteiger partial charge is 0.235 e. The lowest BCUT2D eigenvalue weighted by atomic mass is 10.1. The van der Waals surface area contributed by atoms with Gasteiger partial charge in [-0.2, -0.15) is 0 Å². The van der Waals surface area contributed by atoms with Gasteiger partial charge in [-0.3, -0.25) is 4.57 Å². The molecule has 6 nitrogen and oxygen atoms in total. The lowest BCUT2D eigenvalue weighted by Gasteiger charge is -2.12. The summed E-state index contributed by atoms with van der Waals surface area (Å²) < 4.78 is 4.60. The summed E-state index contributed by atoms with van der Waals surface area (Å²) in [6.45, 7) is 0. The molecule has 0 aliphatic carbocycles. The van der Waals surface area contributed by atoms with Gasteiger partial charge in [0.15, 0.2) is 5.82 Å². The molecule has 0 N–H and O–H groups in total. The van der Waals surface area contributed by atoms with Gasteiger partial charge in [-0.1, -0.05) is 158 Å². The fraction of sp³-hybridized carbons (Fsp3) is 0. The first-order valence-electron chi connectivity index (χ1n) is 20.8. The highest BCUT2D eigenvalue weighted by molar-refractivity contribution is 6.28. The Balaban J connectivity index is 1.04. The Kier molecular flexibility index (Phi) is 8.38. The first-order valence-corrected chi connectivity index (χ1v) is 20.8. The van der Waals surface area contributed by atoms with Crippen molar-refractivity contribution < 1.29 is 0 Å². The Hall–Kier alpha value is -8.48. The average Bonchev–Trinajstić information content (AvgIpc) is 3.88. The van der Waals surface area contributed by atoms with Crippen molar-refractivity contribution in [2.24, 2.45) is 0 Å². The highest BCUT2D eigenvalue weighted by atomic mass is 15.2. The second-order valence-corrected chi connectivity index (χ2v) is 15.5. The van der Waals surface area contributed by atoms with E-state index >= 15 is 0 Å². The van der Waals surface area contributed by atoms with E-state index in [1.165, 1.54) is 16.2 Å². The maximum absolute atomic E-state index is 5.28. The van der Waals surface area contributed by atoms with Crippen LogP contribution >= 0.6 is 0 Å². The van der Waals surface area contributed by atoms with Crippen LogP contribution in [0, 0.1) is 0 Å². The molecule has 290 valence electrons. The van der Waals surface area contributed by atoms with Crippen molar-refractivity contribution in [2.75, 3.05) is 0 Å².